The average Bonchev–Trinajstić information content (AvgIpc) is 2.96. The molecule has 8 nitrogen and oxygen atoms in total. The summed E-state index contributed by atoms with van der Waals surface area (Å²) in [6.07, 6.45) is 0.817. The van der Waals surface area contributed by atoms with Gasteiger partial charge in [0.05, 0.1) is 18.4 Å². The summed E-state index contributed by atoms with van der Waals surface area (Å²) in [5.41, 5.74) is 2.96. The van der Waals surface area contributed by atoms with Crippen molar-refractivity contribution < 1.29 is 19.1 Å². The first-order chi connectivity index (χ1) is 18.9. The van der Waals surface area contributed by atoms with Gasteiger partial charge in [-0.1, -0.05) is 30.7 Å². The van der Waals surface area contributed by atoms with Crippen molar-refractivity contribution in [3.63, 3.8) is 0 Å². The molecule has 0 spiro atoms. The Morgan fingerprint density at radius 3 is 2.28 bits per heavy atom. The summed E-state index contributed by atoms with van der Waals surface area (Å²) in [7, 11) is 1.68. The van der Waals surface area contributed by atoms with E-state index in [0.717, 1.165) is 49.7 Å². The summed E-state index contributed by atoms with van der Waals surface area (Å²) in [4.78, 5) is 30.4. The molecule has 1 aliphatic heterocycles. The highest BCUT2D eigenvalue weighted by atomic mass is 35.5. The fraction of sp³-hybridized carbons (Fsp3) is 0.333. The molecule has 0 aromatic heterocycles. The molecule has 1 atom stereocenters. The molecule has 1 aliphatic rings. The van der Waals surface area contributed by atoms with Crippen molar-refractivity contribution in [3.8, 4) is 11.5 Å². The highest BCUT2D eigenvalue weighted by molar-refractivity contribution is 6.30. The molecule has 0 unspecified atom stereocenters. The Balaban J connectivity index is 1.47. The lowest BCUT2D eigenvalue weighted by molar-refractivity contribution is -0.118. The Labute approximate surface area is 234 Å². The van der Waals surface area contributed by atoms with Gasteiger partial charge in [-0.05, 0) is 67.9 Å². The van der Waals surface area contributed by atoms with Gasteiger partial charge in [0.25, 0.3) is 11.8 Å². The van der Waals surface area contributed by atoms with Gasteiger partial charge in [-0.3, -0.25) is 9.59 Å². The molecule has 1 heterocycles. The van der Waals surface area contributed by atoms with Crippen LogP contribution in [0.1, 0.15) is 30.6 Å². The van der Waals surface area contributed by atoms with E-state index in [1.807, 2.05) is 44.2 Å². The number of anilines is 3. The predicted octanol–water partition coefficient (Wildman–Crippen LogP) is 5.22. The van der Waals surface area contributed by atoms with E-state index in [1.165, 1.54) is 0 Å². The van der Waals surface area contributed by atoms with Crippen LogP contribution in [0.3, 0.4) is 0 Å². The second kappa shape index (κ2) is 13.2. The molecule has 206 valence electrons. The van der Waals surface area contributed by atoms with E-state index in [4.69, 9.17) is 21.1 Å². The summed E-state index contributed by atoms with van der Waals surface area (Å²) < 4.78 is 11.1. The Morgan fingerprint density at radius 1 is 0.949 bits per heavy atom. The SMILES string of the molecule is CC[C@@H](C)NC(=O)c1cc(NC(=O)COc2ccc(Cl)cc2)ccc1N1CCN(c2ccccc2OC)CC1. The molecule has 4 rings (SSSR count). The lowest BCUT2D eigenvalue weighted by atomic mass is 10.1. The number of para-hydroxylation sites is 2. The summed E-state index contributed by atoms with van der Waals surface area (Å²) >= 11 is 5.90. The molecule has 39 heavy (non-hydrogen) atoms. The minimum absolute atomic E-state index is 0.0266. The number of carbonyl (C=O) groups is 2. The molecule has 2 N–H and O–H groups in total. The number of ether oxygens (including phenoxy) is 2. The summed E-state index contributed by atoms with van der Waals surface area (Å²) in [5.74, 6) is 0.905. The van der Waals surface area contributed by atoms with Crippen LogP contribution in [0.4, 0.5) is 17.1 Å². The monoisotopic (exact) mass is 550 g/mol. The van der Waals surface area contributed by atoms with Gasteiger partial charge in [0.15, 0.2) is 6.61 Å². The summed E-state index contributed by atoms with van der Waals surface area (Å²) in [6.45, 7) is 6.89. The maximum absolute atomic E-state index is 13.3. The van der Waals surface area contributed by atoms with E-state index >= 15 is 0 Å². The first-order valence-corrected chi connectivity index (χ1v) is 13.5. The van der Waals surface area contributed by atoms with Crippen molar-refractivity contribution in [1.29, 1.82) is 0 Å². The molecular formula is C30H35ClN4O4. The average molecular weight is 551 g/mol. The van der Waals surface area contributed by atoms with Crippen molar-refractivity contribution in [2.24, 2.45) is 0 Å². The number of carbonyl (C=O) groups excluding carboxylic acids is 2. The van der Waals surface area contributed by atoms with E-state index in [1.54, 1.807) is 37.4 Å². The zero-order valence-corrected chi connectivity index (χ0v) is 23.3. The van der Waals surface area contributed by atoms with Crippen molar-refractivity contribution in [3.05, 3.63) is 77.3 Å². The van der Waals surface area contributed by atoms with Gasteiger partial charge in [-0.15, -0.1) is 0 Å². The number of hydrogen-bond acceptors (Lipinski definition) is 6. The van der Waals surface area contributed by atoms with Crippen LogP contribution in [0.15, 0.2) is 66.7 Å². The van der Waals surface area contributed by atoms with E-state index in [2.05, 4.69) is 26.5 Å². The minimum atomic E-state index is -0.323. The van der Waals surface area contributed by atoms with Crippen LogP contribution in [0.5, 0.6) is 11.5 Å². The van der Waals surface area contributed by atoms with Gasteiger partial charge in [0.2, 0.25) is 0 Å². The summed E-state index contributed by atoms with van der Waals surface area (Å²) in [5, 5.41) is 6.51. The topological polar surface area (TPSA) is 83.1 Å². The van der Waals surface area contributed by atoms with Crippen LogP contribution in [0, 0.1) is 0 Å². The van der Waals surface area contributed by atoms with Crippen LogP contribution >= 0.6 is 11.6 Å². The second-order valence-electron chi connectivity index (χ2n) is 9.45. The normalized spacial score (nSPS) is 13.9. The third-order valence-corrected chi connectivity index (χ3v) is 7.00. The van der Waals surface area contributed by atoms with E-state index in [-0.39, 0.29) is 24.5 Å². The van der Waals surface area contributed by atoms with Gasteiger partial charge in [-0.25, -0.2) is 0 Å². The fourth-order valence-electron chi connectivity index (χ4n) is 4.43. The van der Waals surface area contributed by atoms with Gasteiger partial charge < -0.3 is 29.9 Å². The number of amides is 2. The van der Waals surface area contributed by atoms with E-state index < -0.39 is 0 Å². The molecule has 1 fully saturated rings. The summed E-state index contributed by atoms with van der Waals surface area (Å²) in [6, 6.07) is 20.3. The van der Waals surface area contributed by atoms with Gasteiger partial charge in [0.1, 0.15) is 11.5 Å². The van der Waals surface area contributed by atoms with Crippen molar-refractivity contribution in [1.82, 2.24) is 5.32 Å². The molecule has 9 heteroatoms. The number of piperazine rings is 1. The van der Waals surface area contributed by atoms with Crippen LogP contribution in [0.2, 0.25) is 5.02 Å². The number of rotatable bonds is 10. The van der Waals surface area contributed by atoms with E-state index in [9.17, 15) is 9.59 Å². The smallest absolute Gasteiger partial charge is 0.262 e. The van der Waals surface area contributed by atoms with Gasteiger partial charge in [-0.2, -0.15) is 0 Å². The maximum atomic E-state index is 13.3. The number of methoxy groups -OCH3 is 1. The standard InChI is InChI=1S/C30H35ClN4O4/c1-4-21(2)32-30(37)25-19-23(33-29(36)20-39-24-12-9-22(31)10-13-24)11-14-26(25)34-15-17-35(18-16-34)27-7-5-6-8-28(27)38-3/h5-14,19,21H,4,15-18,20H2,1-3H3,(H,32,37)(H,33,36)/t21-/m1/s1. The fourth-order valence-corrected chi connectivity index (χ4v) is 4.56. The predicted molar refractivity (Wildman–Crippen MR) is 157 cm³/mol. The van der Waals surface area contributed by atoms with Crippen molar-refractivity contribution >= 4 is 40.5 Å². The van der Waals surface area contributed by atoms with Crippen LogP contribution in [0.25, 0.3) is 0 Å². The van der Waals surface area contributed by atoms with E-state index in [0.29, 0.717) is 22.0 Å². The lowest BCUT2D eigenvalue weighted by Gasteiger charge is -2.38. The number of hydrogen-bond donors (Lipinski definition) is 2. The van der Waals surface area contributed by atoms with Crippen molar-refractivity contribution in [2.75, 3.05) is 55.0 Å². The molecule has 3 aromatic rings. The molecule has 0 radical (unpaired) electrons. The molecule has 0 saturated carbocycles. The Morgan fingerprint density at radius 2 is 1.62 bits per heavy atom. The molecule has 3 aromatic carbocycles. The van der Waals surface area contributed by atoms with Crippen LogP contribution in [-0.4, -0.2) is 57.8 Å². The lowest BCUT2D eigenvalue weighted by Crippen LogP contribution is -2.47. The molecule has 0 bridgehead atoms. The van der Waals surface area contributed by atoms with Crippen LogP contribution in [-0.2, 0) is 4.79 Å². The minimum Gasteiger partial charge on any atom is -0.495 e. The molecule has 1 saturated heterocycles. The quantitative estimate of drug-likeness (QED) is 0.360. The second-order valence-corrected chi connectivity index (χ2v) is 9.89. The first-order valence-electron chi connectivity index (χ1n) is 13.1. The Kier molecular flexibility index (Phi) is 9.54. The highest BCUT2D eigenvalue weighted by Gasteiger charge is 2.24. The Hall–Kier alpha value is -3.91. The van der Waals surface area contributed by atoms with Crippen molar-refractivity contribution in [2.45, 2.75) is 26.3 Å². The number of nitrogens with zero attached hydrogens (tertiary/aromatic N) is 2. The van der Waals surface area contributed by atoms with Gasteiger partial charge >= 0.3 is 0 Å². The highest BCUT2D eigenvalue weighted by Crippen LogP contribution is 2.31. The third kappa shape index (κ3) is 7.35. The van der Waals surface area contributed by atoms with Gasteiger partial charge in [0, 0.05) is 48.6 Å². The Bertz CT molecular complexity index is 1280. The zero-order valence-electron chi connectivity index (χ0n) is 22.6. The zero-order chi connectivity index (χ0) is 27.8. The number of benzene rings is 3. The molecule has 0 aliphatic carbocycles. The number of nitrogens with one attached hydrogen (secondary N) is 2. The molecule has 2 amide bonds. The third-order valence-electron chi connectivity index (χ3n) is 6.74. The molecular weight excluding hydrogens is 516 g/mol. The maximum Gasteiger partial charge on any atom is 0.262 e. The number of halogens is 1. The van der Waals surface area contributed by atoms with Crippen LogP contribution < -0.4 is 29.9 Å². The largest absolute Gasteiger partial charge is 0.495 e. The first kappa shape index (κ1) is 28.1.